The summed E-state index contributed by atoms with van der Waals surface area (Å²) in [6.45, 7) is 6.64. The fourth-order valence-corrected chi connectivity index (χ4v) is 3.28. The molecule has 124 valence electrons. The molecule has 1 N–H and O–H groups in total. The minimum absolute atomic E-state index is 0.224. The van der Waals surface area contributed by atoms with Crippen LogP contribution in [0, 0.1) is 6.92 Å². The van der Waals surface area contributed by atoms with Crippen molar-refractivity contribution in [3.05, 3.63) is 59.7 Å². The molecular weight excluding hydrogens is 310 g/mol. The minimum atomic E-state index is -3.49. The van der Waals surface area contributed by atoms with Gasteiger partial charge in [-0.2, -0.15) is 0 Å². The summed E-state index contributed by atoms with van der Waals surface area (Å²) in [7, 11) is -3.49. The first kappa shape index (κ1) is 17.5. The highest BCUT2D eigenvalue weighted by Crippen LogP contribution is 2.18. The molecule has 0 aliphatic rings. The first-order valence-corrected chi connectivity index (χ1v) is 9.16. The summed E-state index contributed by atoms with van der Waals surface area (Å²) >= 11 is 0. The Kier molecular flexibility index (Phi) is 5.80. The Hall–Kier alpha value is -1.85. The third-order valence-corrected chi connectivity index (χ3v) is 4.97. The van der Waals surface area contributed by atoms with Crippen LogP contribution in [0.4, 0.5) is 0 Å². The lowest BCUT2D eigenvalue weighted by atomic mass is 10.0. The molecule has 23 heavy (non-hydrogen) atoms. The molecule has 0 atom stereocenters. The molecule has 0 unspecified atom stereocenters. The maximum atomic E-state index is 12.1. The lowest BCUT2D eigenvalue weighted by molar-refractivity contribution is 0.322. The highest BCUT2D eigenvalue weighted by atomic mass is 32.2. The molecule has 4 nitrogen and oxygen atoms in total. The monoisotopic (exact) mass is 333 g/mol. The van der Waals surface area contributed by atoms with Crippen LogP contribution in [0.25, 0.3) is 0 Å². The number of sulfonamides is 1. The maximum Gasteiger partial charge on any atom is 0.240 e. The zero-order chi connectivity index (χ0) is 16.9. The van der Waals surface area contributed by atoms with E-state index in [2.05, 4.69) is 18.6 Å². The van der Waals surface area contributed by atoms with Gasteiger partial charge in [-0.1, -0.05) is 38.1 Å². The van der Waals surface area contributed by atoms with Crippen LogP contribution in [0.2, 0.25) is 0 Å². The number of ether oxygens (including phenoxy) is 1. The summed E-state index contributed by atoms with van der Waals surface area (Å²) in [6.07, 6.45) is 0. The Labute approximate surface area is 138 Å². The Bertz CT molecular complexity index is 737. The standard InChI is InChI=1S/C18H23NO3S/c1-14(2)16-7-9-17(10-8-16)22-12-11-19-23(20,21)18-6-4-5-15(3)13-18/h4-10,13-14,19H,11-12H2,1-3H3. The van der Waals surface area contributed by atoms with E-state index in [0.717, 1.165) is 11.3 Å². The molecule has 2 aromatic rings. The van der Waals surface area contributed by atoms with E-state index in [1.165, 1.54) is 5.56 Å². The van der Waals surface area contributed by atoms with Crippen LogP contribution in [0.1, 0.15) is 30.9 Å². The van der Waals surface area contributed by atoms with E-state index in [4.69, 9.17) is 4.74 Å². The van der Waals surface area contributed by atoms with E-state index in [1.54, 1.807) is 18.2 Å². The minimum Gasteiger partial charge on any atom is -0.492 e. The van der Waals surface area contributed by atoms with Crippen LogP contribution in [0.5, 0.6) is 5.75 Å². The molecule has 0 aliphatic carbocycles. The van der Waals surface area contributed by atoms with Crippen LogP contribution in [-0.4, -0.2) is 21.6 Å². The highest BCUT2D eigenvalue weighted by molar-refractivity contribution is 7.89. The molecule has 0 aromatic heterocycles. The van der Waals surface area contributed by atoms with Gasteiger partial charge in [0, 0.05) is 6.54 Å². The Morgan fingerprint density at radius 3 is 2.39 bits per heavy atom. The van der Waals surface area contributed by atoms with E-state index in [-0.39, 0.29) is 18.0 Å². The van der Waals surface area contributed by atoms with Crippen molar-refractivity contribution in [1.29, 1.82) is 0 Å². The highest BCUT2D eigenvalue weighted by Gasteiger charge is 2.13. The summed E-state index contributed by atoms with van der Waals surface area (Å²) < 4.78 is 32.4. The lowest BCUT2D eigenvalue weighted by Gasteiger charge is -2.10. The van der Waals surface area contributed by atoms with Crippen molar-refractivity contribution in [3.63, 3.8) is 0 Å². The molecule has 0 spiro atoms. The molecule has 2 aromatic carbocycles. The molecule has 2 rings (SSSR count). The quantitative estimate of drug-likeness (QED) is 0.789. The summed E-state index contributed by atoms with van der Waals surface area (Å²) in [5, 5.41) is 0. The van der Waals surface area contributed by atoms with Crippen LogP contribution < -0.4 is 9.46 Å². The third-order valence-electron chi connectivity index (χ3n) is 3.51. The fraction of sp³-hybridized carbons (Fsp3) is 0.333. The summed E-state index contributed by atoms with van der Waals surface area (Å²) in [5.41, 5.74) is 2.16. The summed E-state index contributed by atoms with van der Waals surface area (Å²) in [6, 6.07) is 14.7. The van der Waals surface area contributed by atoms with Crippen molar-refractivity contribution in [2.45, 2.75) is 31.6 Å². The smallest absolute Gasteiger partial charge is 0.240 e. The number of rotatable bonds is 7. The largest absolute Gasteiger partial charge is 0.492 e. The van der Waals surface area contributed by atoms with Crippen molar-refractivity contribution < 1.29 is 13.2 Å². The predicted octanol–water partition coefficient (Wildman–Crippen LogP) is 3.48. The fourth-order valence-electron chi connectivity index (χ4n) is 2.16. The molecule has 0 amide bonds. The Balaban J connectivity index is 1.85. The van der Waals surface area contributed by atoms with Crippen LogP contribution in [-0.2, 0) is 10.0 Å². The molecule has 0 bridgehead atoms. The number of hydrogen-bond acceptors (Lipinski definition) is 3. The molecule has 0 aliphatic heterocycles. The maximum absolute atomic E-state index is 12.1. The second kappa shape index (κ2) is 7.62. The molecule has 0 saturated heterocycles. The van der Waals surface area contributed by atoms with Gasteiger partial charge in [0.15, 0.2) is 0 Å². The average Bonchev–Trinajstić information content (AvgIpc) is 2.52. The number of hydrogen-bond donors (Lipinski definition) is 1. The molecular formula is C18H23NO3S. The SMILES string of the molecule is Cc1cccc(S(=O)(=O)NCCOc2ccc(C(C)C)cc2)c1. The van der Waals surface area contributed by atoms with E-state index >= 15 is 0 Å². The van der Waals surface area contributed by atoms with Gasteiger partial charge >= 0.3 is 0 Å². The molecule has 0 fully saturated rings. The van der Waals surface area contributed by atoms with Crippen LogP contribution in [0.3, 0.4) is 0 Å². The topological polar surface area (TPSA) is 55.4 Å². The van der Waals surface area contributed by atoms with Gasteiger partial charge in [-0.3, -0.25) is 0 Å². The average molecular weight is 333 g/mol. The van der Waals surface area contributed by atoms with Gasteiger partial charge < -0.3 is 4.74 Å². The van der Waals surface area contributed by atoms with E-state index < -0.39 is 10.0 Å². The summed E-state index contributed by atoms with van der Waals surface area (Å²) in [5.74, 6) is 1.22. The van der Waals surface area contributed by atoms with Crippen molar-refractivity contribution in [2.24, 2.45) is 0 Å². The van der Waals surface area contributed by atoms with Crippen molar-refractivity contribution in [3.8, 4) is 5.75 Å². The molecule has 0 radical (unpaired) electrons. The Morgan fingerprint density at radius 2 is 1.78 bits per heavy atom. The molecule has 5 heteroatoms. The lowest BCUT2D eigenvalue weighted by Crippen LogP contribution is -2.28. The normalized spacial score (nSPS) is 11.7. The van der Waals surface area contributed by atoms with Gasteiger partial charge in [-0.05, 0) is 48.2 Å². The van der Waals surface area contributed by atoms with Crippen LogP contribution in [0.15, 0.2) is 53.4 Å². The zero-order valence-electron chi connectivity index (χ0n) is 13.7. The van der Waals surface area contributed by atoms with Gasteiger partial charge in [-0.15, -0.1) is 0 Å². The first-order chi connectivity index (χ1) is 10.9. The number of aryl methyl sites for hydroxylation is 1. The van der Waals surface area contributed by atoms with Crippen molar-refractivity contribution >= 4 is 10.0 Å². The molecule has 0 heterocycles. The van der Waals surface area contributed by atoms with E-state index in [1.807, 2.05) is 37.3 Å². The molecule has 0 saturated carbocycles. The number of benzene rings is 2. The number of nitrogens with one attached hydrogen (secondary N) is 1. The third kappa shape index (κ3) is 5.08. The second-order valence-corrected chi connectivity index (χ2v) is 7.55. The van der Waals surface area contributed by atoms with E-state index in [9.17, 15) is 8.42 Å². The predicted molar refractivity (Wildman–Crippen MR) is 92.4 cm³/mol. The van der Waals surface area contributed by atoms with Gasteiger partial charge in [0.1, 0.15) is 12.4 Å². The van der Waals surface area contributed by atoms with Crippen molar-refractivity contribution in [2.75, 3.05) is 13.2 Å². The van der Waals surface area contributed by atoms with Gasteiger partial charge in [0.05, 0.1) is 4.90 Å². The second-order valence-electron chi connectivity index (χ2n) is 5.79. The van der Waals surface area contributed by atoms with Crippen molar-refractivity contribution in [1.82, 2.24) is 4.72 Å². The van der Waals surface area contributed by atoms with Gasteiger partial charge in [0.25, 0.3) is 0 Å². The zero-order valence-corrected chi connectivity index (χ0v) is 14.6. The van der Waals surface area contributed by atoms with Crippen LogP contribution >= 0.6 is 0 Å². The summed E-state index contributed by atoms with van der Waals surface area (Å²) in [4.78, 5) is 0.277. The van der Waals surface area contributed by atoms with E-state index in [0.29, 0.717) is 5.92 Å². The first-order valence-electron chi connectivity index (χ1n) is 7.67. The van der Waals surface area contributed by atoms with Gasteiger partial charge in [0.2, 0.25) is 10.0 Å². The van der Waals surface area contributed by atoms with Gasteiger partial charge in [-0.25, -0.2) is 13.1 Å². The Morgan fingerprint density at radius 1 is 1.09 bits per heavy atom.